The molecule has 78 valence electrons. The molecule has 0 fully saturated rings. The molecule has 1 aromatic carbocycles. The maximum absolute atomic E-state index is 5.85. The van der Waals surface area contributed by atoms with Crippen LogP contribution in [-0.2, 0) is 5.88 Å². The zero-order chi connectivity index (χ0) is 10.6. The summed E-state index contributed by atoms with van der Waals surface area (Å²) in [6.07, 6.45) is 1.26. The van der Waals surface area contributed by atoms with Gasteiger partial charge in [0.2, 0.25) is 0 Å². The van der Waals surface area contributed by atoms with Crippen LogP contribution in [0.15, 0.2) is 18.2 Å². The predicted octanol–water partition coefficient (Wildman–Crippen LogP) is 3.91. The first-order valence-corrected chi connectivity index (χ1v) is 5.53. The monoisotopic (exact) mass is 212 g/mol. The van der Waals surface area contributed by atoms with Crippen molar-refractivity contribution in [3.05, 3.63) is 29.3 Å². The van der Waals surface area contributed by atoms with Gasteiger partial charge in [0.25, 0.3) is 0 Å². The third-order valence-corrected chi connectivity index (χ3v) is 2.62. The highest BCUT2D eigenvalue weighted by Gasteiger charge is 2.08. The van der Waals surface area contributed by atoms with E-state index >= 15 is 0 Å². The first kappa shape index (κ1) is 11.4. The van der Waals surface area contributed by atoms with Crippen LogP contribution in [-0.4, -0.2) is 6.10 Å². The smallest absolute Gasteiger partial charge is 0.127 e. The summed E-state index contributed by atoms with van der Waals surface area (Å²) in [5.74, 6) is 1.46. The van der Waals surface area contributed by atoms with Gasteiger partial charge >= 0.3 is 0 Å². The number of halogens is 1. The molecule has 1 nitrogen and oxygen atoms in total. The summed E-state index contributed by atoms with van der Waals surface area (Å²) >= 11 is 5.85. The van der Waals surface area contributed by atoms with Gasteiger partial charge in [-0.3, -0.25) is 0 Å². The lowest BCUT2D eigenvalue weighted by atomic mass is 10.1. The summed E-state index contributed by atoms with van der Waals surface area (Å²) < 4.78 is 5.83. The van der Waals surface area contributed by atoms with Gasteiger partial charge in [-0.05, 0) is 25.8 Å². The molecule has 0 aliphatic carbocycles. The molecule has 0 amide bonds. The number of para-hydroxylation sites is 1. The minimum absolute atomic E-state index is 0.248. The van der Waals surface area contributed by atoms with E-state index in [0.29, 0.717) is 5.88 Å². The highest BCUT2D eigenvalue weighted by Crippen LogP contribution is 2.26. The molecular formula is C12H17ClO. The summed E-state index contributed by atoms with van der Waals surface area (Å²) in [7, 11) is 0. The van der Waals surface area contributed by atoms with Gasteiger partial charge in [0.15, 0.2) is 0 Å². The van der Waals surface area contributed by atoms with Crippen LogP contribution in [0.5, 0.6) is 5.75 Å². The summed E-state index contributed by atoms with van der Waals surface area (Å²) in [5.41, 5.74) is 2.23. The topological polar surface area (TPSA) is 9.23 Å². The molecule has 1 rings (SSSR count). The van der Waals surface area contributed by atoms with Crippen molar-refractivity contribution in [2.24, 2.45) is 0 Å². The zero-order valence-electron chi connectivity index (χ0n) is 9.01. The molecule has 0 radical (unpaired) electrons. The normalized spacial score (nSPS) is 12.6. The molecule has 0 aliphatic heterocycles. The van der Waals surface area contributed by atoms with E-state index in [1.54, 1.807) is 0 Å². The Bertz CT molecular complexity index is 296. The molecule has 0 saturated carbocycles. The average Bonchev–Trinajstić information content (AvgIpc) is 2.20. The Morgan fingerprint density at radius 2 is 2.14 bits per heavy atom. The molecule has 14 heavy (non-hydrogen) atoms. The third-order valence-electron chi connectivity index (χ3n) is 2.33. The minimum atomic E-state index is 0.248. The van der Waals surface area contributed by atoms with Crippen molar-refractivity contribution in [2.75, 3.05) is 0 Å². The molecule has 0 aromatic heterocycles. The average molecular weight is 213 g/mol. The number of rotatable bonds is 4. The number of hydrogen-bond donors (Lipinski definition) is 0. The Kier molecular flexibility index (Phi) is 4.27. The number of alkyl halides is 1. The van der Waals surface area contributed by atoms with Gasteiger partial charge in [-0.25, -0.2) is 0 Å². The van der Waals surface area contributed by atoms with E-state index in [-0.39, 0.29) is 6.10 Å². The maximum atomic E-state index is 5.85. The lowest BCUT2D eigenvalue weighted by molar-refractivity contribution is 0.214. The van der Waals surface area contributed by atoms with Crippen molar-refractivity contribution in [3.8, 4) is 5.75 Å². The number of aryl methyl sites for hydroxylation is 1. The SMILES string of the molecule is CCC(C)Oc1c(C)cccc1CCl. The van der Waals surface area contributed by atoms with E-state index in [0.717, 1.165) is 23.3 Å². The molecule has 1 atom stereocenters. The van der Waals surface area contributed by atoms with E-state index in [2.05, 4.69) is 13.8 Å². The van der Waals surface area contributed by atoms with Crippen LogP contribution in [0.4, 0.5) is 0 Å². The number of hydrogen-bond acceptors (Lipinski definition) is 1. The van der Waals surface area contributed by atoms with Crippen molar-refractivity contribution in [2.45, 2.75) is 39.2 Å². The van der Waals surface area contributed by atoms with Gasteiger partial charge in [-0.2, -0.15) is 0 Å². The summed E-state index contributed by atoms with van der Waals surface area (Å²) in [4.78, 5) is 0. The first-order valence-electron chi connectivity index (χ1n) is 5.00. The molecule has 0 bridgehead atoms. The molecule has 0 spiro atoms. The van der Waals surface area contributed by atoms with E-state index in [1.165, 1.54) is 0 Å². The Morgan fingerprint density at radius 1 is 1.43 bits per heavy atom. The Labute approximate surface area is 91.0 Å². The fourth-order valence-corrected chi connectivity index (χ4v) is 1.48. The molecular weight excluding hydrogens is 196 g/mol. The van der Waals surface area contributed by atoms with Gasteiger partial charge < -0.3 is 4.74 Å². The molecule has 0 saturated heterocycles. The van der Waals surface area contributed by atoms with E-state index in [9.17, 15) is 0 Å². The van der Waals surface area contributed by atoms with Crippen molar-refractivity contribution >= 4 is 11.6 Å². The zero-order valence-corrected chi connectivity index (χ0v) is 9.77. The van der Waals surface area contributed by atoms with Crippen LogP contribution >= 0.6 is 11.6 Å². The summed E-state index contributed by atoms with van der Waals surface area (Å²) in [5, 5.41) is 0. The van der Waals surface area contributed by atoms with E-state index < -0.39 is 0 Å². The maximum Gasteiger partial charge on any atom is 0.127 e. The fourth-order valence-electron chi connectivity index (χ4n) is 1.27. The second kappa shape index (κ2) is 5.26. The van der Waals surface area contributed by atoms with Crippen LogP contribution in [0.25, 0.3) is 0 Å². The minimum Gasteiger partial charge on any atom is -0.490 e. The second-order valence-electron chi connectivity index (χ2n) is 3.53. The van der Waals surface area contributed by atoms with Gasteiger partial charge in [0.05, 0.1) is 12.0 Å². The van der Waals surface area contributed by atoms with Crippen LogP contribution in [0.2, 0.25) is 0 Å². The highest BCUT2D eigenvalue weighted by molar-refractivity contribution is 6.17. The number of benzene rings is 1. The van der Waals surface area contributed by atoms with Crippen LogP contribution < -0.4 is 4.74 Å². The molecule has 2 heteroatoms. The summed E-state index contributed by atoms with van der Waals surface area (Å²) in [6, 6.07) is 6.07. The number of ether oxygens (including phenoxy) is 1. The van der Waals surface area contributed by atoms with Gasteiger partial charge in [-0.1, -0.05) is 25.1 Å². The molecule has 0 aliphatic rings. The van der Waals surface area contributed by atoms with Gasteiger partial charge in [0, 0.05) is 5.56 Å². The lowest BCUT2D eigenvalue weighted by Gasteiger charge is -2.17. The van der Waals surface area contributed by atoms with Crippen molar-refractivity contribution in [1.82, 2.24) is 0 Å². The molecule has 0 N–H and O–H groups in total. The first-order chi connectivity index (χ1) is 6.69. The van der Waals surface area contributed by atoms with Crippen molar-refractivity contribution in [3.63, 3.8) is 0 Å². The van der Waals surface area contributed by atoms with E-state index in [4.69, 9.17) is 16.3 Å². The standard InChI is InChI=1S/C12H17ClO/c1-4-10(3)14-12-9(2)6-5-7-11(12)8-13/h5-7,10H,4,8H2,1-3H3. The van der Waals surface area contributed by atoms with Crippen LogP contribution in [0.1, 0.15) is 31.4 Å². The Hall–Kier alpha value is -0.690. The fraction of sp³-hybridized carbons (Fsp3) is 0.500. The van der Waals surface area contributed by atoms with Crippen LogP contribution in [0.3, 0.4) is 0 Å². The van der Waals surface area contributed by atoms with E-state index in [1.807, 2.05) is 25.1 Å². The Morgan fingerprint density at radius 3 is 2.71 bits per heavy atom. The highest BCUT2D eigenvalue weighted by atomic mass is 35.5. The molecule has 0 heterocycles. The van der Waals surface area contributed by atoms with Crippen molar-refractivity contribution < 1.29 is 4.74 Å². The van der Waals surface area contributed by atoms with Crippen molar-refractivity contribution in [1.29, 1.82) is 0 Å². The van der Waals surface area contributed by atoms with Gasteiger partial charge in [0.1, 0.15) is 5.75 Å². The summed E-state index contributed by atoms with van der Waals surface area (Å²) in [6.45, 7) is 6.24. The second-order valence-corrected chi connectivity index (χ2v) is 3.80. The largest absolute Gasteiger partial charge is 0.490 e. The molecule has 1 aromatic rings. The lowest BCUT2D eigenvalue weighted by Crippen LogP contribution is -2.11. The van der Waals surface area contributed by atoms with Gasteiger partial charge in [-0.15, -0.1) is 11.6 Å². The third kappa shape index (κ3) is 2.65. The molecule has 1 unspecified atom stereocenters. The Balaban J connectivity index is 2.92. The quantitative estimate of drug-likeness (QED) is 0.688. The van der Waals surface area contributed by atoms with Crippen LogP contribution in [0, 0.1) is 6.92 Å². The predicted molar refractivity (Wildman–Crippen MR) is 61.1 cm³/mol.